The molecule has 1 saturated carbocycles. The molecule has 3 rings (SSSR count). The van der Waals surface area contributed by atoms with Crippen molar-refractivity contribution >= 4 is 11.8 Å². The van der Waals surface area contributed by atoms with Crippen LogP contribution in [0.5, 0.6) is 5.75 Å². The molecule has 0 aliphatic heterocycles. The summed E-state index contributed by atoms with van der Waals surface area (Å²) in [6.45, 7) is 0.817. The second-order valence-corrected chi connectivity index (χ2v) is 6.99. The van der Waals surface area contributed by atoms with Crippen molar-refractivity contribution in [2.75, 3.05) is 20.7 Å². The van der Waals surface area contributed by atoms with Crippen LogP contribution in [-0.4, -0.2) is 37.1 Å². The van der Waals surface area contributed by atoms with Gasteiger partial charge in [-0.3, -0.25) is 14.4 Å². The first-order valence-electron chi connectivity index (χ1n) is 9.39. The molecule has 0 bridgehead atoms. The minimum absolute atomic E-state index is 0.0553. The van der Waals surface area contributed by atoms with Crippen molar-refractivity contribution in [2.24, 2.45) is 5.92 Å². The standard InChI is InChI=1S/C21H25N3O4/c1-22-20(26)18-11-16(19(25)23-9-8-14-6-7-14)13-24(21(18)27)12-15-4-3-5-17(10-15)28-2/h3-5,10-11,13-14H,6-9,12H2,1-2H3,(H,22,26)(H,23,25). The lowest BCUT2D eigenvalue weighted by Gasteiger charge is -2.12. The monoisotopic (exact) mass is 383 g/mol. The molecule has 148 valence electrons. The number of aromatic nitrogens is 1. The van der Waals surface area contributed by atoms with Crippen LogP contribution >= 0.6 is 0 Å². The van der Waals surface area contributed by atoms with E-state index in [0.717, 1.165) is 12.0 Å². The summed E-state index contributed by atoms with van der Waals surface area (Å²) in [5.41, 5.74) is 0.615. The fourth-order valence-electron chi connectivity index (χ4n) is 3.04. The Morgan fingerprint density at radius 1 is 1.21 bits per heavy atom. The van der Waals surface area contributed by atoms with Crippen molar-refractivity contribution in [1.82, 2.24) is 15.2 Å². The molecule has 0 radical (unpaired) electrons. The summed E-state index contributed by atoms with van der Waals surface area (Å²) in [5, 5.41) is 5.34. The van der Waals surface area contributed by atoms with Gasteiger partial charge in [-0.2, -0.15) is 0 Å². The van der Waals surface area contributed by atoms with Gasteiger partial charge >= 0.3 is 0 Å². The van der Waals surface area contributed by atoms with E-state index in [2.05, 4.69) is 10.6 Å². The van der Waals surface area contributed by atoms with Crippen LogP contribution in [0.15, 0.2) is 41.3 Å². The molecule has 2 N–H and O–H groups in total. The van der Waals surface area contributed by atoms with E-state index in [1.165, 1.54) is 36.7 Å². The molecule has 1 aliphatic carbocycles. The van der Waals surface area contributed by atoms with Crippen LogP contribution < -0.4 is 20.9 Å². The number of carbonyl (C=O) groups is 2. The van der Waals surface area contributed by atoms with Gasteiger partial charge in [0.05, 0.1) is 19.2 Å². The fourth-order valence-corrected chi connectivity index (χ4v) is 3.04. The van der Waals surface area contributed by atoms with Gasteiger partial charge in [0, 0.05) is 19.8 Å². The zero-order valence-corrected chi connectivity index (χ0v) is 16.2. The van der Waals surface area contributed by atoms with Crippen molar-refractivity contribution in [3.63, 3.8) is 0 Å². The Bertz CT molecular complexity index is 931. The molecule has 28 heavy (non-hydrogen) atoms. The molecule has 7 heteroatoms. The van der Waals surface area contributed by atoms with Gasteiger partial charge in [0.2, 0.25) is 0 Å². The van der Waals surface area contributed by atoms with Gasteiger partial charge in [-0.25, -0.2) is 0 Å². The van der Waals surface area contributed by atoms with Crippen molar-refractivity contribution in [1.29, 1.82) is 0 Å². The number of methoxy groups -OCH3 is 1. The average molecular weight is 383 g/mol. The number of hydrogen-bond donors (Lipinski definition) is 2. The summed E-state index contributed by atoms with van der Waals surface area (Å²) in [5.74, 6) is 0.581. The lowest BCUT2D eigenvalue weighted by Crippen LogP contribution is -2.34. The van der Waals surface area contributed by atoms with Gasteiger partial charge in [0.15, 0.2) is 0 Å². The second kappa shape index (κ2) is 8.73. The zero-order chi connectivity index (χ0) is 20.1. The summed E-state index contributed by atoms with van der Waals surface area (Å²) in [7, 11) is 3.03. The van der Waals surface area contributed by atoms with Crippen molar-refractivity contribution in [3.05, 3.63) is 63.6 Å². The lowest BCUT2D eigenvalue weighted by molar-refractivity contribution is 0.0952. The maximum Gasteiger partial charge on any atom is 0.263 e. The second-order valence-electron chi connectivity index (χ2n) is 6.99. The molecule has 1 heterocycles. The predicted molar refractivity (Wildman–Crippen MR) is 106 cm³/mol. The first kappa shape index (κ1) is 19.7. The molecule has 0 saturated heterocycles. The molecule has 1 fully saturated rings. The molecule has 7 nitrogen and oxygen atoms in total. The van der Waals surface area contributed by atoms with Crippen molar-refractivity contribution in [3.8, 4) is 5.75 Å². The van der Waals surface area contributed by atoms with Gasteiger partial charge < -0.3 is 19.9 Å². The van der Waals surface area contributed by atoms with Crippen LogP contribution in [0.3, 0.4) is 0 Å². The highest BCUT2D eigenvalue weighted by molar-refractivity contribution is 5.99. The molecular weight excluding hydrogens is 358 g/mol. The molecular formula is C21H25N3O4. The van der Waals surface area contributed by atoms with Gasteiger partial charge in [-0.05, 0) is 36.1 Å². The molecule has 0 spiro atoms. The summed E-state index contributed by atoms with van der Waals surface area (Å²) in [6, 6.07) is 8.67. The Balaban J connectivity index is 1.89. The summed E-state index contributed by atoms with van der Waals surface area (Å²) in [4.78, 5) is 37.5. The maximum absolute atomic E-state index is 12.8. The van der Waals surface area contributed by atoms with Crippen LogP contribution in [0.4, 0.5) is 0 Å². The van der Waals surface area contributed by atoms with E-state index in [0.29, 0.717) is 18.2 Å². The van der Waals surface area contributed by atoms with Crippen LogP contribution in [0.1, 0.15) is 45.5 Å². The molecule has 1 aromatic carbocycles. The minimum atomic E-state index is -0.517. The average Bonchev–Trinajstić information content (AvgIpc) is 3.53. The summed E-state index contributed by atoms with van der Waals surface area (Å²) >= 11 is 0. The van der Waals surface area contributed by atoms with Gasteiger partial charge in [0.1, 0.15) is 11.3 Å². The molecule has 1 aromatic heterocycles. The quantitative estimate of drug-likeness (QED) is 0.727. The molecule has 2 amide bonds. The number of nitrogens with zero attached hydrogens (tertiary/aromatic N) is 1. The Hall–Kier alpha value is -3.09. The molecule has 1 aliphatic rings. The first-order chi connectivity index (χ1) is 13.5. The number of benzene rings is 1. The number of nitrogens with one attached hydrogen (secondary N) is 2. The highest BCUT2D eigenvalue weighted by Crippen LogP contribution is 2.31. The Kier molecular flexibility index (Phi) is 6.13. The third-order valence-corrected chi connectivity index (χ3v) is 4.84. The Labute approximate surface area is 163 Å². The molecule has 0 unspecified atom stereocenters. The number of hydrogen-bond acceptors (Lipinski definition) is 4. The van der Waals surface area contributed by atoms with Gasteiger partial charge in [-0.1, -0.05) is 25.0 Å². The van der Waals surface area contributed by atoms with E-state index < -0.39 is 11.5 Å². The maximum atomic E-state index is 12.8. The van der Waals surface area contributed by atoms with Crippen molar-refractivity contribution in [2.45, 2.75) is 25.8 Å². The van der Waals surface area contributed by atoms with Gasteiger partial charge in [-0.15, -0.1) is 0 Å². The Morgan fingerprint density at radius 3 is 2.68 bits per heavy atom. The third kappa shape index (κ3) is 4.79. The van der Waals surface area contributed by atoms with E-state index in [1.807, 2.05) is 24.3 Å². The molecule has 0 atom stereocenters. The van der Waals surface area contributed by atoms with E-state index in [4.69, 9.17) is 4.74 Å². The number of carbonyl (C=O) groups excluding carboxylic acids is 2. The zero-order valence-electron chi connectivity index (χ0n) is 16.2. The first-order valence-corrected chi connectivity index (χ1v) is 9.39. The van der Waals surface area contributed by atoms with E-state index >= 15 is 0 Å². The van der Waals surface area contributed by atoms with Crippen LogP contribution in [-0.2, 0) is 6.54 Å². The summed E-state index contributed by atoms with van der Waals surface area (Å²) < 4.78 is 6.60. The lowest BCUT2D eigenvalue weighted by atomic mass is 10.1. The number of ether oxygens (including phenoxy) is 1. The highest BCUT2D eigenvalue weighted by Gasteiger charge is 2.21. The highest BCUT2D eigenvalue weighted by atomic mass is 16.5. The normalized spacial score (nSPS) is 13.1. The Morgan fingerprint density at radius 2 is 2.00 bits per heavy atom. The van der Waals surface area contributed by atoms with E-state index in [9.17, 15) is 14.4 Å². The van der Waals surface area contributed by atoms with E-state index in [1.54, 1.807) is 7.11 Å². The number of amides is 2. The number of pyridine rings is 1. The fraction of sp³-hybridized carbons (Fsp3) is 0.381. The van der Waals surface area contributed by atoms with Gasteiger partial charge in [0.25, 0.3) is 17.4 Å². The van der Waals surface area contributed by atoms with Crippen LogP contribution in [0.25, 0.3) is 0 Å². The predicted octanol–water partition coefficient (Wildman–Crippen LogP) is 1.79. The molecule has 2 aromatic rings. The third-order valence-electron chi connectivity index (χ3n) is 4.84. The largest absolute Gasteiger partial charge is 0.497 e. The van der Waals surface area contributed by atoms with Crippen LogP contribution in [0.2, 0.25) is 0 Å². The number of rotatable bonds is 8. The smallest absolute Gasteiger partial charge is 0.263 e. The SMILES string of the molecule is CNC(=O)c1cc(C(=O)NCCC2CC2)cn(Cc2cccc(OC)c2)c1=O. The van der Waals surface area contributed by atoms with E-state index in [-0.39, 0.29) is 23.6 Å². The van der Waals surface area contributed by atoms with Crippen molar-refractivity contribution < 1.29 is 14.3 Å². The minimum Gasteiger partial charge on any atom is -0.497 e. The van der Waals surface area contributed by atoms with Crippen LogP contribution in [0, 0.1) is 5.92 Å². The topological polar surface area (TPSA) is 89.4 Å². The summed E-state index contributed by atoms with van der Waals surface area (Å²) in [6.07, 6.45) is 4.91.